The molecule has 0 bridgehead atoms. The molecule has 0 saturated carbocycles. The average Bonchev–Trinajstić information content (AvgIpc) is 2.62. The van der Waals surface area contributed by atoms with Gasteiger partial charge in [-0.05, 0) is 31.0 Å². The first-order valence-corrected chi connectivity index (χ1v) is 7.75. The summed E-state index contributed by atoms with van der Waals surface area (Å²) in [5.74, 6) is -0.374. The minimum Gasteiger partial charge on any atom is -0.493 e. The van der Waals surface area contributed by atoms with E-state index in [9.17, 15) is 14.4 Å². The zero-order valence-corrected chi connectivity index (χ0v) is 14.2. The highest BCUT2D eigenvalue weighted by Crippen LogP contribution is 2.27. The van der Waals surface area contributed by atoms with Crippen LogP contribution in [0.5, 0.6) is 11.5 Å². The SMILES string of the molecule is CCC(CC)NC(=O)COC(=O)COc1ccc(C=O)cc1OC. The lowest BCUT2D eigenvalue weighted by atomic mass is 10.2. The zero-order valence-electron chi connectivity index (χ0n) is 14.2. The fourth-order valence-corrected chi connectivity index (χ4v) is 1.96. The van der Waals surface area contributed by atoms with Crippen LogP contribution in [0.4, 0.5) is 0 Å². The van der Waals surface area contributed by atoms with Gasteiger partial charge in [-0.15, -0.1) is 0 Å². The van der Waals surface area contributed by atoms with Gasteiger partial charge in [-0.2, -0.15) is 0 Å². The summed E-state index contributed by atoms with van der Waals surface area (Å²) in [6.45, 7) is 3.23. The van der Waals surface area contributed by atoms with Crippen molar-refractivity contribution < 1.29 is 28.6 Å². The molecule has 0 heterocycles. The molecule has 0 aliphatic rings. The van der Waals surface area contributed by atoms with Gasteiger partial charge in [0.1, 0.15) is 6.29 Å². The van der Waals surface area contributed by atoms with E-state index in [2.05, 4.69) is 5.32 Å². The molecule has 0 unspecified atom stereocenters. The van der Waals surface area contributed by atoms with Crippen molar-refractivity contribution in [2.24, 2.45) is 0 Å². The molecule has 0 radical (unpaired) electrons. The molecule has 0 saturated heterocycles. The molecule has 0 fully saturated rings. The van der Waals surface area contributed by atoms with Crippen molar-refractivity contribution in [2.75, 3.05) is 20.3 Å². The molecular formula is C17H23NO6. The number of hydrogen-bond acceptors (Lipinski definition) is 6. The Labute approximate surface area is 141 Å². The predicted octanol–water partition coefficient (Wildman–Crippen LogP) is 1.73. The van der Waals surface area contributed by atoms with Crippen LogP contribution in [0.25, 0.3) is 0 Å². The molecule has 0 spiro atoms. The van der Waals surface area contributed by atoms with Crippen LogP contribution in [0, 0.1) is 0 Å². The summed E-state index contributed by atoms with van der Waals surface area (Å²) < 4.78 is 15.2. The van der Waals surface area contributed by atoms with Gasteiger partial charge in [0.15, 0.2) is 24.7 Å². The Morgan fingerprint density at radius 1 is 1.17 bits per heavy atom. The second-order valence-electron chi connectivity index (χ2n) is 5.06. The second-order valence-corrected chi connectivity index (χ2v) is 5.06. The third-order valence-electron chi connectivity index (χ3n) is 3.38. The summed E-state index contributed by atoms with van der Waals surface area (Å²) >= 11 is 0. The lowest BCUT2D eigenvalue weighted by Crippen LogP contribution is -2.37. The van der Waals surface area contributed by atoms with Crippen molar-refractivity contribution in [1.82, 2.24) is 5.32 Å². The van der Waals surface area contributed by atoms with Crippen LogP contribution in [0.3, 0.4) is 0 Å². The van der Waals surface area contributed by atoms with Crippen LogP contribution in [0.2, 0.25) is 0 Å². The Kier molecular flexibility index (Phi) is 8.32. The van der Waals surface area contributed by atoms with Crippen LogP contribution in [-0.2, 0) is 14.3 Å². The maximum absolute atomic E-state index is 11.6. The maximum atomic E-state index is 11.6. The highest BCUT2D eigenvalue weighted by molar-refractivity contribution is 5.81. The molecule has 0 aliphatic carbocycles. The number of rotatable bonds is 10. The largest absolute Gasteiger partial charge is 0.493 e. The van der Waals surface area contributed by atoms with E-state index in [1.165, 1.54) is 19.2 Å². The number of aldehydes is 1. The minimum atomic E-state index is -0.670. The van der Waals surface area contributed by atoms with Crippen LogP contribution < -0.4 is 14.8 Å². The smallest absolute Gasteiger partial charge is 0.344 e. The molecule has 7 heteroatoms. The number of ether oxygens (including phenoxy) is 3. The topological polar surface area (TPSA) is 90.9 Å². The number of amides is 1. The van der Waals surface area contributed by atoms with Gasteiger partial charge in [0.25, 0.3) is 5.91 Å². The van der Waals surface area contributed by atoms with E-state index in [1.807, 2.05) is 13.8 Å². The monoisotopic (exact) mass is 337 g/mol. The number of hydrogen-bond donors (Lipinski definition) is 1. The number of esters is 1. The normalized spacial score (nSPS) is 10.2. The van der Waals surface area contributed by atoms with Crippen molar-refractivity contribution >= 4 is 18.2 Å². The number of carbonyl (C=O) groups excluding carboxylic acids is 3. The quantitative estimate of drug-likeness (QED) is 0.516. The van der Waals surface area contributed by atoms with Gasteiger partial charge in [-0.3, -0.25) is 9.59 Å². The summed E-state index contributed by atoms with van der Waals surface area (Å²) in [5.41, 5.74) is 0.430. The summed E-state index contributed by atoms with van der Waals surface area (Å²) in [4.78, 5) is 34.0. The molecule has 0 aromatic heterocycles. The number of nitrogens with one attached hydrogen (secondary N) is 1. The fraction of sp³-hybridized carbons (Fsp3) is 0.471. The Balaban J connectivity index is 2.44. The molecule has 1 amide bonds. The lowest BCUT2D eigenvalue weighted by Gasteiger charge is -2.14. The standard InChI is InChI=1S/C17H23NO6/c1-4-13(5-2)18-16(20)10-24-17(21)11-23-14-7-6-12(9-19)8-15(14)22-3/h6-9,13H,4-5,10-11H2,1-3H3,(H,18,20). The van der Waals surface area contributed by atoms with Gasteiger partial charge < -0.3 is 19.5 Å². The summed E-state index contributed by atoms with van der Waals surface area (Å²) in [7, 11) is 1.43. The lowest BCUT2D eigenvalue weighted by molar-refractivity contribution is -0.150. The van der Waals surface area contributed by atoms with Crippen molar-refractivity contribution in [3.05, 3.63) is 23.8 Å². The van der Waals surface area contributed by atoms with Gasteiger partial charge >= 0.3 is 5.97 Å². The molecule has 1 aromatic carbocycles. The highest BCUT2D eigenvalue weighted by atomic mass is 16.6. The maximum Gasteiger partial charge on any atom is 0.344 e. The third-order valence-corrected chi connectivity index (χ3v) is 3.38. The number of benzene rings is 1. The van der Waals surface area contributed by atoms with Crippen LogP contribution in [0.15, 0.2) is 18.2 Å². The molecule has 0 aliphatic heterocycles. The second kappa shape index (κ2) is 10.3. The van der Waals surface area contributed by atoms with Crippen molar-refractivity contribution in [3.63, 3.8) is 0 Å². The molecule has 0 atom stereocenters. The summed E-state index contributed by atoms with van der Waals surface area (Å²) in [5, 5.41) is 2.77. The minimum absolute atomic E-state index is 0.0769. The first kappa shape index (κ1) is 19.5. The van der Waals surface area contributed by atoms with Crippen molar-refractivity contribution in [2.45, 2.75) is 32.7 Å². The van der Waals surface area contributed by atoms with Gasteiger partial charge in [0, 0.05) is 11.6 Å². The molecule has 1 N–H and O–H groups in total. The Bertz CT molecular complexity index is 568. The van der Waals surface area contributed by atoms with E-state index >= 15 is 0 Å². The van der Waals surface area contributed by atoms with Crippen LogP contribution in [0.1, 0.15) is 37.0 Å². The van der Waals surface area contributed by atoms with Crippen molar-refractivity contribution in [3.8, 4) is 11.5 Å². The predicted molar refractivity (Wildman–Crippen MR) is 87.3 cm³/mol. The summed E-state index contributed by atoms with van der Waals surface area (Å²) in [6.07, 6.45) is 2.31. The Hall–Kier alpha value is -2.57. The van der Waals surface area contributed by atoms with Crippen LogP contribution >= 0.6 is 0 Å². The zero-order chi connectivity index (χ0) is 17.9. The van der Waals surface area contributed by atoms with Gasteiger partial charge in [0.2, 0.25) is 0 Å². The van der Waals surface area contributed by atoms with Gasteiger partial charge in [-0.1, -0.05) is 13.8 Å². The third kappa shape index (κ3) is 6.28. The van der Waals surface area contributed by atoms with Crippen LogP contribution in [-0.4, -0.2) is 44.5 Å². The van der Waals surface area contributed by atoms with Crippen molar-refractivity contribution in [1.29, 1.82) is 0 Å². The number of methoxy groups -OCH3 is 1. The van der Waals surface area contributed by atoms with E-state index in [0.29, 0.717) is 23.3 Å². The van der Waals surface area contributed by atoms with E-state index in [4.69, 9.17) is 14.2 Å². The van der Waals surface area contributed by atoms with E-state index in [1.54, 1.807) is 6.07 Å². The fourth-order valence-electron chi connectivity index (χ4n) is 1.96. The molecular weight excluding hydrogens is 314 g/mol. The average molecular weight is 337 g/mol. The van der Waals surface area contributed by atoms with Gasteiger partial charge in [0.05, 0.1) is 7.11 Å². The molecule has 7 nitrogen and oxygen atoms in total. The summed E-state index contributed by atoms with van der Waals surface area (Å²) in [6, 6.07) is 4.64. The Morgan fingerprint density at radius 3 is 2.46 bits per heavy atom. The highest BCUT2D eigenvalue weighted by Gasteiger charge is 2.13. The van der Waals surface area contributed by atoms with E-state index < -0.39 is 5.97 Å². The first-order chi connectivity index (χ1) is 11.5. The molecule has 132 valence electrons. The Morgan fingerprint density at radius 2 is 1.88 bits per heavy atom. The first-order valence-electron chi connectivity index (χ1n) is 7.75. The van der Waals surface area contributed by atoms with Gasteiger partial charge in [-0.25, -0.2) is 4.79 Å². The van der Waals surface area contributed by atoms with E-state index in [-0.39, 0.29) is 25.2 Å². The number of carbonyl (C=O) groups is 3. The molecule has 1 rings (SSSR count). The molecule has 1 aromatic rings. The van der Waals surface area contributed by atoms with E-state index in [0.717, 1.165) is 12.8 Å². The molecule has 24 heavy (non-hydrogen) atoms.